The minimum atomic E-state index is -0.900. The first-order chi connectivity index (χ1) is 13.5. The first-order valence-electron chi connectivity index (χ1n) is 9.18. The molecule has 0 unspecified atom stereocenters. The molecule has 2 aliphatic rings. The molecule has 0 radical (unpaired) electrons. The van der Waals surface area contributed by atoms with E-state index in [2.05, 4.69) is 5.32 Å². The maximum atomic E-state index is 12.7. The van der Waals surface area contributed by atoms with E-state index in [4.69, 9.17) is 4.74 Å². The number of nitrogens with zero attached hydrogens (tertiary/aromatic N) is 1. The molecule has 6 nitrogen and oxygen atoms in total. The number of carbonyl (C=O) groups is 3. The van der Waals surface area contributed by atoms with E-state index < -0.39 is 17.3 Å². The Morgan fingerprint density at radius 1 is 1.21 bits per heavy atom. The summed E-state index contributed by atoms with van der Waals surface area (Å²) in [5, 5.41) is 2.23. The first kappa shape index (κ1) is 18.6. The molecule has 2 aliphatic heterocycles. The zero-order valence-electron chi connectivity index (χ0n) is 15.4. The van der Waals surface area contributed by atoms with Crippen LogP contribution in [0.5, 0.6) is 0 Å². The Morgan fingerprint density at radius 2 is 1.96 bits per heavy atom. The molecule has 0 bridgehead atoms. The van der Waals surface area contributed by atoms with Gasteiger partial charge in [-0.3, -0.25) is 14.4 Å². The summed E-state index contributed by atoms with van der Waals surface area (Å²) in [5.74, 6) is -1.03. The summed E-state index contributed by atoms with van der Waals surface area (Å²) in [5.41, 5.74) is 2.73. The van der Waals surface area contributed by atoms with E-state index in [-0.39, 0.29) is 18.2 Å². The Bertz CT molecular complexity index is 946. The standard InChI is InChI=1S/C21H20N2O4S/c1-13(21(26)23-11-10-14-6-2-4-8-16(14)23)27-19(24)12-18-20(25)22-15-7-3-5-9-17(15)28-18/h2-9,13,18H,10-12H2,1H3,(H,22,25)/t13-,18-/m1/s1. The summed E-state index contributed by atoms with van der Waals surface area (Å²) in [6, 6.07) is 15.2. The molecule has 144 valence electrons. The topological polar surface area (TPSA) is 75.7 Å². The predicted octanol–water partition coefficient (Wildman–Crippen LogP) is 3.01. The average molecular weight is 396 g/mol. The summed E-state index contributed by atoms with van der Waals surface area (Å²) in [7, 11) is 0. The first-order valence-corrected chi connectivity index (χ1v) is 10.1. The van der Waals surface area contributed by atoms with E-state index in [1.54, 1.807) is 11.8 Å². The molecule has 0 saturated heterocycles. The molecule has 0 fully saturated rings. The Labute approximate surface area is 167 Å². The van der Waals surface area contributed by atoms with Crippen molar-refractivity contribution in [3.63, 3.8) is 0 Å². The zero-order chi connectivity index (χ0) is 19.7. The van der Waals surface area contributed by atoms with Gasteiger partial charge < -0.3 is 15.0 Å². The van der Waals surface area contributed by atoms with Crippen LogP contribution in [0, 0.1) is 0 Å². The van der Waals surface area contributed by atoms with Gasteiger partial charge in [0.2, 0.25) is 5.91 Å². The largest absolute Gasteiger partial charge is 0.452 e. The van der Waals surface area contributed by atoms with Crippen molar-refractivity contribution in [2.45, 2.75) is 36.0 Å². The zero-order valence-corrected chi connectivity index (χ0v) is 16.2. The number of carbonyl (C=O) groups excluding carboxylic acids is 3. The maximum Gasteiger partial charge on any atom is 0.308 e. The van der Waals surface area contributed by atoms with Crippen LogP contribution in [0.1, 0.15) is 18.9 Å². The number of nitrogens with one attached hydrogen (secondary N) is 1. The number of esters is 1. The summed E-state index contributed by atoms with van der Waals surface area (Å²) >= 11 is 1.34. The van der Waals surface area contributed by atoms with Crippen LogP contribution in [0.4, 0.5) is 11.4 Å². The maximum absolute atomic E-state index is 12.7. The Kier molecular flexibility index (Phi) is 5.09. The molecular formula is C21H20N2O4S. The van der Waals surface area contributed by atoms with Crippen LogP contribution < -0.4 is 10.2 Å². The van der Waals surface area contributed by atoms with E-state index in [0.29, 0.717) is 6.54 Å². The molecule has 2 amide bonds. The SMILES string of the molecule is C[C@@H](OC(=O)C[C@H]1Sc2ccccc2NC1=O)C(=O)N1CCc2ccccc21. The molecule has 0 saturated carbocycles. The van der Waals surface area contributed by atoms with Crippen LogP contribution in [0.3, 0.4) is 0 Å². The van der Waals surface area contributed by atoms with E-state index in [9.17, 15) is 14.4 Å². The molecule has 2 aromatic carbocycles. The van der Waals surface area contributed by atoms with Crippen molar-refractivity contribution in [3.8, 4) is 0 Å². The van der Waals surface area contributed by atoms with Gasteiger partial charge in [-0.25, -0.2) is 0 Å². The van der Waals surface area contributed by atoms with Crippen LogP contribution in [-0.4, -0.2) is 35.7 Å². The predicted molar refractivity (Wildman–Crippen MR) is 107 cm³/mol. The smallest absolute Gasteiger partial charge is 0.308 e. The number of ether oxygens (including phenoxy) is 1. The minimum Gasteiger partial charge on any atom is -0.452 e. The molecule has 2 atom stereocenters. The van der Waals surface area contributed by atoms with Crippen molar-refractivity contribution in [2.24, 2.45) is 0 Å². The van der Waals surface area contributed by atoms with Crippen molar-refractivity contribution in [1.82, 2.24) is 0 Å². The fourth-order valence-corrected chi connectivity index (χ4v) is 4.56. The monoisotopic (exact) mass is 396 g/mol. The molecule has 7 heteroatoms. The van der Waals surface area contributed by atoms with Crippen LogP contribution in [0.15, 0.2) is 53.4 Å². The van der Waals surface area contributed by atoms with E-state index >= 15 is 0 Å². The van der Waals surface area contributed by atoms with Gasteiger partial charge in [-0.1, -0.05) is 30.3 Å². The van der Waals surface area contributed by atoms with Crippen molar-refractivity contribution >= 4 is 40.9 Å². The molecule has 0 aliphatic carbocycles. The molecule has 1 N–H and O–H groups in total. The number of benzene rings is 2. The number of hydrogen-bond acceptors (Lipinski definition) is 5. The third-order valence-corrected chi connectivity index (χ3v) is 6.14. The lowest BCUT2D eigenvalue weighted by Gasteiger charge is -2.25. The van der Waals surface area contributed by atoms with Gasteiger partial charge in [0.1, 0.15) is 0 Å². The lowest BCUT2D eigenvalue weighted by Crippen LogP contribution is -2.40. The van der Waals surface area contributed by atoms with Crippen LogP contribution in [-0.2, 0) is 25.5 Å². The summed E-state index contributed by atoms with van der Waals surface area (Å²) in [4.78, 5) is 39.9. The third-order valence-electron chi connectivity index (χ3n) is 4.87. The van der Waals surface area contributed by atoms with Crippen LogP contribution >= 0.6 is 11.8 Å². The quantitative estimate of drug-likeness (QED) is 0.804. The normalized spacial score (nSPS) is 18.7. The van der Waals surface area contributed by atoms with Gasteiger partial charge in [0.15, 0.2) is 6.10 Å². The summed E-state index contributed by atoms with van der Waals surface area (Å²) < 4.78 is 5.36. The highest BCUT2D eigenvalue weighted by Gasteiger charge is 2.33. The van der Waals surface area contributed by atoms with E-state index in [1.165, 1.54) is 11.8 Å². The minimum absolute atomic E-state index is 0.0843. The van der Waals surface area contributed by atoms with Crippen molar-refractivity contribution in [2.75, 3.05) is 16.8 Å². The highest BCUT2D eigenvalue weighted by Crippen LogP contribution is 2.36. The molecule has 0 aromatic heterocycles. The Morgan fingerprint density at radius 3 is 2.82 bits per heavy atom. The number of anilines is 2. The van der Waals surface area contributed by atoms with E-state index in [1.807, 2.05) is 48.5 Å². The summed E-state index contributed by atoms with van der Waals surface area (Å²) in [6.07, 6.45) is -0.192. The second-order valence-electron chi connectivity index (χ2n) is 6.80. The lowest BCUT2D eigenvalue weighted by atomic mass is 10.2. The second-order valence-corrected chi connectivity index (χ2v) is 8.04. The van der Waals surface area contributed by atoms with Crippen LogP contribution in [0.2, 0.25) is 0 Å². The molecule has 4 rings (SSSR count). The second kappa shape index (κ2) is 7.67. The van der Waals surface area contributed by atoms with Crippen molar-refractivity contribution < 1.29 is 19.1 Å². The third kappa shape index (κ3) is 3.62. The Balaban J connectivity index is 1.36. The van der Waals surface area contributed by atoms with Gasteiger partial charge in [0.05, 0.1) is 17.4 Å². The van der Waals surface area contributed by atoms with Crippen molar-refractivity contribution in [1.29, 1.82) is 0 Å². The molecule has 0 spiro atoms. The molecule has 2 aromatic rings. The molecule has 28 heavy (non-hydrogen) atoms. The number of fused-ring (bicyclic) bond motifs is 2. The number of thioether (sulfide) groups is 1. The van der Waals surface area contributed by atoms with Gasteiger partial charge in [0.25, 0.3) is 5.91 Å². The fraction of sp³-hybridized carbons (Fsp3) is 0.286. The fourth-order valence-electron chi connectivity index (χ4n) is 3.46. The van der Waals surface area contributed by atoms with E-state index in [0.717, 1.165) is 28.3 Å². The number of rotatable bonds is 4. The van der Waals surface area contributed by atoms with Gasteiger partial charge in [-0.05, 0) is 37.1 Å². The van der Waals surface area contributed by atoms with Crippen LogP contribution in [0.25, 0.3) is 0 Å². The lowest BCUT2D eigenvalue weighted by molar-refractivity contribution is -0.154. The Hall–Kier alpha value is -2.80. The number of hydrogen-bond donors (Lipinski definition) is 1. The van der Waals surface area contributed by atoms with Gasteiger partial charge in [0, 0.05) is 17.1 Å². The molecule has 2 heterocycles. The average Bonchev–Trinajstić information content (AvgIpc) is 3.12. The summed E-state index contributed by atoms with van der Waals surface area (Å²) in [6.45, 7) is 2.16. The molecular weight excluding hydrogens is 376 g/mol. The highest BCUT2D eigenvalue weighted by atomic mass is 32.2. The van der Waals surface area contributed by atoms with Gasteiger partial charge in [-0.15, -0.1) is 11.8 Å². The van der Waals surface area contributed by atoms with Gasteiger partial charge >= 0.3 is 5.97 Å². The highest BCUT2D eigenvalue weighted by molar-refractivity contribution is 8.01. The van der Waals surface area contributed by atoms with Crippen molar-refractivity contribution in [3.05, 3.63) is 54.1 Å². The van der Waals surface area contributed by atoms with Gasteiger partial charge in [-0.2, -0.15) is 0 Å². The number of amides is 2. The number of para-hydroxylation sites is 2.